The van der Waals surface area contributed by atoms with Gasteiger partial charge in [-0.25, -0.2) is 0 Å². The molecule has 0 aromatic heterocycles. The summed E-state index contributed by atoms with van der Waals surface area (Å²) in [6.45, 7) is 1.22. The van der Waals surface area contributed by atoms with Gasteiger partial charge in [0.2, 0.25) is 0 Å². The van der Waals surface area contributed by atoms with Gasteiger partial charge in [-0.05, 0) is 12.1 Å². The molecule has 86 valence electrons. The molecule has 0 aliphatic carbocycles. The number of nitro benzene ring substituents is 1. The van der Waals surface area contributed by atoms with Gasteiger partial charge in [0.25, 0.3) is 0 Å². The lowest BCUT2D eigenvalue weighted by Gasteiger charge is -2.39. The lowest BCUT2D eigenvalue weighted by Crippen LogP contribution is -2.52. The quantitative estimate of drug-likeness (QED) is 0.615. The normalized spacial score (nSPS) is 15.9. The number of phenolic OH excluding ortho intramolecular Hbond substituents is 1. The van der Waals surface area contributed by atoms with E-state index in [-0.39, 0.29) is 17.5 Å². The van der Waals surface area contributed by atoms with Crippen LogP contribution in [0.5, 0.6) is 5.75 Å². The van der Waals surface area contributed by atoms with Crippen LogP contribution in [0.25, 0.3) is 0 Å². The summed E-state index contributed by atoms with van der Waals surface area (Å²) in [5.74, 6) is -0.302. The van der Waals surface area contributed by atoms with Crippen molar-refractivity contribution < 1.29 is 14.8 Å². The van der Waals surface area contributed by atoms with Crippen molar-refractivity contribution in [2.24, 2.45) is 0 Å². The Morgan fingerprint density at radius 2 is 2.25 bits per heavy atom. The number of anilines is 1. The number of ether oxygens (including phenoxy) is 1. The average Bonchev–Trinajstić information content (AvgIpc) is 2.15. The number of benzene rings is 1. The van der Waals surface area contributed by atoms with Crippen LogP contribution >= 0.6 is 0 Å². The molecule has 1 saturated heterocycles. The second-order valence-electron chi connectivity index (χ2n) is 3.66. The number of nitro groups is 1. The maximum Gasteiger partial charge on any atom is 0.333 e. The molecule has 1 N–H and O–H groups in total. The molecular formula is C10H12N2O4. The summed E-state index contributed by atoms with van der Waals surface area (Å²) in [6.07, 6.45) is 0.113. The van der Waals surface area contributed by atoms with Gasteiger partial charge >= 0.3 is 5.69 Å². The predicted octanol–water partition coefficient (Wildman–Crippen LogP) is 1.14. The van der Waals surface area contributed by atoms with E-state index in [1.54, 1.807) is 19.2 Å². The first-order chi connectivity index (χ1) is 7.63. The number of hydrogen-bond acceptors (Lipinski definition) is 5. The second kappa shape index (κ2) is 3.97. The standard InChI is InChI=1S/C10H12N2O4/c1-16-7-5-11(6-7)8-3-2-4-9(13)10(8)12(14)15/h2-4,7,13H,5-6H2,1H3. The van der Waals surface area contributed by atoms with Crippen molar-refractivity contribution in [3.63, 3.8) is 0 Å². The molecule has 1 fully saturated rings. The lowest BCUT2D eigenvalue weighted by atomic mass is 10.1. The van der Waals surface area contributed by atoms with Crippen molar-refractivity contribution in [2.75, 3.05) is 25.1 Å². The Hall–Kier alpha value is -1.82. The van der Waals surface area contributed by atoms with Gasteiger partial charge in [-0.2, -0.15) is 0 Å². The molecule has 1 aliphatic rings. The van der Waals surface area contributed by atoms with Crippen LogP contribution in [0.1, 0.15) is 0 Å². The Kier molecular flexibility index (Phi) is 2.66. The Morgan fingerprint density at radius 1 is 1.56 bits per heavy atom. The minimum absolute atomic E-state index is 0.113. The Balaban J connectivity index is 2.28. The molecule has 0 amide bonds. The highest BCUT2D eigenvalue weighted by Crippen LogP contribution is 2.38. The Labute approximate surface area is 92.2 Å². The molecule has 0 bridgehead atoms. The van der Waals surface area contributed by atoms with E-state index in [0.717, 1.165) is 0 Å². The number of nitrogens with zero attached hydrogens (tertiary/aromatic N) is 2. The van der Waals surface area contributed by atoms with Gasteiger partial charge in [0.05, 0.1) is 11.0 Å². The van der Waals surface area contributed by atoms with Crippen LogP contribution in [0.15, 0.2) is 18.2 Å². The van der Waals surface area contributed by atoms with Crippen LogP contribution in [0.2, 0.25) is 0 Å². The van der Waals surface area contributed by atoms with E-state index >= 15 is 0 Å². The van der Waals surface area contributed by atoms with Crippen LogP contribution in [-0.4, -0.2) is 36.3 Å². The van der Waals surface area contributed by atoms with E-state index in [9.17, 15) is 15.2 Å². The van der Waals surface area contributed by atoms with Gasteiger partial charge in [-0.3, -0.25) is 10.1 Å². The molecule has 0 radical (unpaired) electrons. The number of phenols is 1. The summed E-state index contributed by atoms with van der Waals surface area (Å²) in [7, 11) is 1.61. The molecule has 1 heterocycles. The van der Waals surface area contributed by atoms with Crippen LogP contribution in [-0.2, 0) is 4.74 Å². The minimum Gasteiger partial charge on any atom is -0.502 e. The van der Waals surface area contributed by atoms with Crippen molar-refractivity contribution in [1.82, 2.24) is 0 Å². The maximum absolute atomic E-state index is 10.8. The highest BCUT2D eigenvalue weighted by molar-refractivity contribution is 5.70. The van der Waals surface area contributed by atoms with Crippen molar-refractivity contribution >= 4 is 11.4 Å². The third-order valence-corrected chi connectivity index (χ3v) is 2.70. The van der Waals surface area contributed by atoms with Crippen LogP contribution in [0.3, 0.4) is 0 Å². The fraction of sp³-hybridized carbons (Fsp3) is 0.400. The first-order valence-corrected chi connectivity index (χ1v) is 4.87. The molecule has 6 heteroatoms. The Bertz CT molecular complexity index is 415. The number of rotatable bonds is 3. The van der Waals surface area contributed by atoms with Gasteiger partial charge in [0, 0.05) is 20.2 Å². The van der Waals surface area contributed by atoms with E-state index in [0.29, 0.717) is 18.8 Å². The molecule has 0 saturated carbocycles. The van der Waals surface area contributed by atoms with Crippen LogP contribution in [0, 0.1) is 10.1 Å². The molecule has 0 spiro atoms. The van der Waals surface area contributed by atoms with Crippen molar-refractivity contribution in [1.29, 1.82) is 0 Å². The highest BCUT2D eigenvalue weighted by Gasteiger charge is 2.32. The molecule has 0 unspecified atom stereocenters. The molecule has 1 aromatic carbocycles. The summed E-state index contributed by atoms with van der Waals surface area (Å²) < 4.78 is 5.09. The van der Waals surface area contributed by atoms with E-state index in [4.69, 9.17) is 4.74 Å². The van der Waals surface area contributed by atoms with Crippen LogP contribution < -0.4 is 4.90 Å². The van der Waals surface area contributed by atoms with Gasteiger partial charge in [-0.15, -0.1) is 0 Å². The molecule has 0 atom stereocenters. The molecule has 1 aliphatic heterocycles. The first kappa shape index (κ1) is 10.7. The predicted molar refractivity (Wildman–Crippen MR) is 57.8 cm³/mol. The lowest BCUT2D eigenvalue weighted by molar-refractivity contribution is -0.385. The molecule has 1 aromatic rings. The largest absolute Gasteiger partial charge is 0.502 e. The monoisotopic (exact) mass is 224 g/mol. The fourth-order valence-corrected chi connectivity index (χ4v) is 1.75. The molecule has 6 nitrogen and oxygen atoms in total. The summed E-state index contributed by atoms with van der Waals surface area (Å²) >= 11 is 0. The van der Waals surface area contributed by atoms with Crippen LogP contribution in [0.4, 0.5) is 11.4 Å². The smallest absolute Gasteiger partial charge is 0.333 e. The van der Waals surface area contributed by atoms with E-state index in [2.05, 4.69) is 0 Å². The summed E-state index contributed by atoms with van der Waals surface area (Å²) in [6, 6.07) is 4.54. The second-order valence-corrected chi connectivity index (χ2v) is 3.66. The summed E-state index contributed by atoms with van der Waals surface area (Å²) in [5, 5.41) is 20.3. The number of hydrogen-bond donors (Lipinski definition) is 1. The topological polar surface area (TPSA) is 75.8 Å². The fourth-order valence-electron chi connectivity index (χ4n) is 1.75. The van der Waals surface area contributed by atoms with Crippen molar-refractivity contribution in [3.05, 3.63) is 28.3 Å². The molecular weight excluding hydrogens is 212 g/mol. The van der Waals surface area contributed by atoms with E-state index < -0.39 is 4.92 Å². The van der Waals surface area contributed by atoms with Gasteiger partial charge in [0.1, 0.15) is 5.69 Å². The first-order valence-electron chi connectivity index (χ1n) is 4.87. The molecule has 2 rings (SSSR count). The number of aromatic hydroxyl groups is 1. The SMILES string of the molecule is COC1CN(c2cccc(O)c2[N+](=O)[O-])C1. The zero-order chi connectivity index (χ0) is 11.7. The number of para-hydroxylation sites is 1. The summed E-state index contributed by atoms with van der Waals surface area (Å²) in [4.78, 5) is 12.1. The number of methoxy groups -OCH3 is 1. The third-order valence-electron chi connectivity index (χ3n) is 2.70. The summed E-state index contributed by atoms with van der Waals surface area (Å²) in [5.41, 5.74) is 0.204. The maximum atomic E-state index is 10.8. The zero-order valence-corrected chi connectivity index (χ0v) is 8.79. The van der Waals surface area contributed by atoms with Gasteiger partial charge in [0.15, 0.2) is 5.75 Å². The van der Waals surface area contributed by atoms with Gasteiger partial charge in [-0.1, -0.05) is 6.07 Å². The van der Waals surface area contributed by atoms with Crippen molar-refractivity contribution in [3.8, 4) is 5.75 Å². The van der Waals surface area contributed by atoms with E-state index in [1.165, 1.54) is 6.07 Å². The molecule has 16 heavy (non-hydrogen) atoms. The zero-order valence-electron chi connectivity index (χ0n) is 8.79. The van der Waals surface area contributed by atoms with Crippen molar-refractivity contribution in [2.45, 2.75) is 6.10 Å². The van der Waals surface area contributed by atoms with Gasteiger partial charge < -0.3 is 14.7 Å². The average molecular weight is 224 g/mol. The highest BCUT2D eigenvalue weighted by atomic mass is 16.6. The Morgan fingerprint density at radius 3 is 2.81 bits per heavy atom. The minimum atomic E-state index is -0.565. The van der Waals surface area contributed by atoms with E-state index in [1.807, 2.05) is 4.90 Å². The third kappa shape index (κ3) is 1.67.